The first-order valence-electron chi connectivity index (χ1n) is 10.2. The molecule has 1 amide bonds. The van der Waals surface area contributed by atoms with Crippen LogP contribution in [0.25, 0.3) is 22.2 Å². The summed E-state index contributed by atoms with van der Waals surface area (Å²) in [4.78, 5) is 29.4. The summed E-state index contributed by atoms with van der Waals surface area (Å²) in [5.41, 5.74) is 2.44. The SMILES string of the molecule is COCc1c(C(=O)OCC(=O)Nc2nc(-c3cc(OC)ccc3OC)cs2)oc2ccccc12. The number of benzene rings is 2. The molecule has 2 aromatic carbocycles. The fourth-order valence-corrected chi connectivity index (χ4v) is 4.10. The fraction of sp³-hybridized carbons (Fsp3) is 0.208. The standard InChI is InChI=1S/C24H22N2O7S/c1-29-11-17-15-6-4-5-7-20(15)33-22(17)23(28)32-12-21(27)26-24-25-18(13-34-24)16-10-14(30-2)8-9-19(16)31-3/h4-10,13H,11-12H2,1-3H3,(H,25,26,27). The average Bonchev–Trinajstić information content (AvgIpc) is 3.47. The summed E-state index contributed by atoms with van der Waals surface area (Å²) in [6.07, 6.45) is 0. The van der Waals surface area contributed by atoms with Crippen LogP contribution >= 0.6 is 11.3 Å². The lowest BCUT2D eigenvalue weighted by Gasteiger charge is -2.08. The first-order valence-corrected chi connectivity index (χ1v) is 11.1. The highest BCUT2D eigenvalue weighted by atomic mass is 32.1. The molecule has 0 bridgehead atoms. The maximum atomic E-state index is 12.6. The zero-order valence-electron chi connectivity index (χ0n) is 18.7. The van der Waals surface area contributed by atoms with E-state index in [9.17, 15) is 9.59 Å². The molecule has 0 saturated heterocycles. The topological polar surface area (TPSA) is 109 Å². The van der Waals surface area contributed by atoms with Gasteiger partial charge in [0.25, 0.3) is 5.91 Å². The minimum atomic E-state index is -0.751. The van der Waals surface area contributed by atoms with Crippen LogP contribution in [-0.4, -0.2) is 44.8 Å². The Labute approximate surface area is 199 Å². The second-order valence-electron chi connectivity index (χ2n) is 7.07. The van der Waals surface area contributed by atoms with Crippen LogP contribution < -0.4 is 14.8 Å². The highest BCUT2D eigenvalue weighted by Gasteiger charge is 2.23. The number of hydrogen-bond donors (Lipinski definition) is 1. The molecule has 10 heteroatoms. The first-order chi connectivity index (χ1) is 16.5. The van der Waals surface area contributed by atoms with E-state index < -0.39 is 18.5 Å². The quantitative estimate of drug-likeness (QED) is 0.347. The minimum absolute atomic E-state index is 0.0116. The largest absolute Gasteiger partial charge is 0.497 e. The Morgan fingerprint density at radius 1 is 1.09 bits per heavy atom. The van der Waals surface area contributed by atoms with Crippen molar-refractivity contribution in [3.8, 4) is 22.8 Å². The molecule has 0 unspecified atom stereocenters. The minimum Gasteiger partial charge on any atom is -0.497 e. The average molecular weight is 483 g/mol. The Morgan fingerprint density at radius 2 is 1.91 bits per heavy atom. The van der Waals surface area contributed by atoms with Crippen molar-refractivity contribution in [2.45, 2.75) is 6.61 Å². The van der Waals surface area contributed by atoms with Gasteiger partial charge in [0.1, 0.15) is 17.1 Å². The molecule has 9 nitrogen and oxygen atoms in total. The number of methoxy groups -OCH3 is 3. The maximum absolute atomic E-state index is 12.6. The third-order valence-corrected chi connectivity index (χ3v) is 5.70. The number of carbonyl (C=O) groups excluding carboxylic acids is 2. The lowest BCUT2D eigenvalue weighted by Crippen LogP contribution is -2.21. The number of ether oxygens (including phenoxy) is 4. The molecule has 0 atom stereocenters. The van der Waals surface area contributed by atoms with Crippen LogP contribution in [0.5, 0.6) is 11.5 Å². The molecule has 4 aromatic rings. The summed E-state index contributed by atoms with van der Waals surface area (Å²) < 4.78 is 26.7. The second kappa shape index (κ2) is 10.4. The number of fused-ring (bicyclic) bond motifs is 1. The van der Waals surface area contributed by atoms with Gasteiger partial charge in [0.2, 0.25) is 5.76 Å². The highest BCUT2D eigenvalue weighted by Crippen LogP contribution is 2.35. The molecule has 0 aliphatic rings. The predicted molar refractivity (Wildman–Crippen MR) is 126 cm³/mol. The molecule has 34 heavy (non-hydrogen) atoms. The summed E-state index contributed by atoms with van der Waals surface area (Å²) in [6, 6.07) is 12.6. The van der Waals surface area contributed by atoms with Crippen molar-refractivity contribution >= 4 is 39.3 Å². The van der Waals surface area contributed by atoms with Crippen molar-refractivity contribution in [1.82, 2.24) is 4.98 Å². The summed E-state index contributed by atoms with van der Waals surface area (Å²) in [7, 11) is 4.66. The van der Waals surface area contributed by atoms with Crippen molar-refractivity contribution in [3.63, 3.8) is 0 Å². The van der Waals surface area contributed by atoms with Crippen LogP contribution in [0.15, 0.2) is 52.3 Å². The van der Waals surface area contributed by atoms with E-state index in [-0.39, 0.29) is 12.4 Å². The lowest BCUT2D eigenvalue weighted by atomic mass is 10.1. The van der Waals surface area contributed by atoms with Crippen LogP contribution in [0.2, 0.25) is 0 Å². The zero-order valence-corrected chi connectivity index (χ0v) is 19.6. The molecule has 176 valence electrons. The van der Waals surface area contributed by atoms with Crippen molar-refractivity contribution in [1.29, 1.82) is 0 Å². The molecule has 0 aliphatic heterocycles. The molecule has 1 N–H and O–H groups in total. The number of nitrogens with one attached hydrogen (secondary N) is 1. The van der Waals surface area contributed by atoms with Gasteiger partial charge in [-0.15, -0.1) is 11.3 Å². The smallest absolute Gasteiger partial charge is 0.375 e. The number of nitrogens with zero attached hydrogens (tertiary/aromatic N) is 1. The van der Waals surface area contributed by atoms with Crippen molar-refractivity contribution in [2.75, 3.05) is 33.3 Å². The normalized spacial score (nSPS) is 10.8. The fourth-order valence-electron chi connectivity index (χ4n) is 3.37. The van der Waals surface area contributed by atoms with E-state index in [1.54, 1.807) is 49.9 Å². The first kappa shape index (κ1) is 23.3. The van der Waals surface area contributed by atoms with Crippen molar-refractivity contribution in [2.24, 2.45) is 0 Å². The molecule has 0 radical (unpaired) electrons. The second-order valence-corrected chi connectivity index (χ2v) is 7.93. The van der Waals surface area contributed by atoms with Gasteiger partial charge in [0.15, 0.2) is 11.7 Å². The van der Waals surface area contributed by atoms with Gasteiger partial charge in [0, 0.05) is 29.0 Å². The monoisotopic (exact) mass is 482 g/mol. The molecular weight excluding hydrogens is 460 g/mol. The summed E-state index contributed by atoms with van der Waals surface area (Å²) in [5, 5.41) is 5.52. The number of aromatic nitrogens is 1. The number of amides is 1. The Kier molecular flexibility index (Phi) is 7.09. The van der Waals surface area contributed by atoms with E-state index in [0.29, 0.717) is 33.5 Å². The summed E-state index contributed by atoms with van der Waals surface area (Å²) in [6.45, 7) is -0.330. The van der Waals surface area contributed by atoms with E-state index in [2.05, 4.69) is 10.3 Å². The maximum Gasteiger partial charge on any atom is 0.375 e. The Morgan fingerprint density at radius 3 is 2.68 bits per heavy atom. The van der Waals surface area contributed by atoms with Crippen LogP contribution in [0, 0.1) is 0 Å². The van der Waals surface area contributed by atoms with Crippen LogP contribution in [0.1, 0.15) is 16.1 Å². The molecule has 2 heterocycles. The van der Waals surface area contributed by atoms with Crippen LogP contribution in [0.4, 0.5) is 5.13 Å². The molecule has 0 spiro atoms. The summed E-state index contributed by atoms with van der Waals surface area (Å²) in [5.74, 6) is 0.00319. The van der Waals surface area contributed by atoms with E-state index in [4.69, 9.17) is 23.4 Å². The number of furan rings is 1. The third kappa shape index (κ3) is 4.87. The van der Waals surface area contributed by atoms with Gasteiger partial charge in [-0.3, -0.25) is 10.1 Å². The number of carbonyl (C=O) groups is 2. The molecule has 4 rings (SSSR count). The predicted octanol–water partition coefficient (Wildman–Crippen LogP) is 4.52. The molecule has 2 aromatic heterocycles. The zero-order chi connectivity index (χ0) is 24.1. The summed E-state index contributed by atoms with van der Waals surface area (Å²) >= 11 is 1.23. The van der Waals surface area contributed by atoms with Crippen LogP contribution in [0.3, 0.4) is 0 Å². The molecule has 0 aliphatic carbocycles. The Hall–Kier alpha value is -3.89. The van der Waals surface area contributed by atoms with Crippen molar-refractivity contribution in [3.05, 3.63) is 59.2 Å². The van der Waals surface area contributed by atoms with Gasteiger partial charge in [-0.05, 0) is 24.3 Å². The van der Waals surface area contributed by atoms with Gasteiger partial charge in [-0.1, -0.05) is 18.2 Å². The van der Waals surface area contributed by atoms with Crippen LogP contribution in [-0.2, 0) is 20.9 Å². The van der Waals surface area contributed by atoms with E-state index in [0.717, 1.165) is 10.9 Å². The number of thiazole rings is 1. The van der Waals surface area contributed by atoms with E-state index >= 15 is 0 Å². The van der Waals surface area contributed by atoms with E-state index in [1.807, 2.05) is 12.1 Å². The number of hydrogen-bond acceptors (Lipinski definition) is 9. The Bertz CT molecular complexity index is 1330. The number of anilines is 1. The molecular formula is C24H22N2O7S. The van der Waals surface area contributed by atoms with Gasteiger partial charge < -0.3 is 23.4 Å². The van der Waals surface area contributed by atoms with Gasteiger partial charge in [-0.25, -0.2) is 9.78 Å². The molecule has 0 saturated carbocycles. The lowest BCUT2D eigenvalue weighted by molar-refractivity contribution is -0.119. The van der Waals surface area contributed by atoms with Gasteiger partial charge in [0.05, 0.1) is 26.5 Å². The number of para-hydroxylation sites is 1. The molecule has 0 fully saturated rings. The highest BCUT2D eigenvalue weighted by molar-refractivity contribution is 7.14. The Balaban J connectivity index is 1.42. The van der Waals surface area contributed by atoms with Crippen molar-refractivity contribution < 1.29 is 33.0 Å². The third-order valence-electron chi connectivity index (χ3n) is 4.94. The van der Waals surface area contributed by atoms with E-state index in [1.165, 1.54) is 18.4 Å². The van der Waals surface area contributed by atoms with Gasteiger partial charge >= 0.3 is 5.97 Å². The number of rotatable bonds is 9. The van der Waals surface area contributed by atoms with Gasteiger partial charge in [-0.2, -0.15) is 0 Å². The number of esters is 1.